The number of methoxy groups -OCH3 is 1. The molecule has 0 radical (unpaired) electrons. The van der Waals surface area contributed by atoms with E-state index < -0.39 is 35.7 Å². The molecule has 0 aliphatic carbocycles. The fourth-order valence-electron chi connectivity index (χ4n) is 2.13. The number of ether oxygens (including phenoxy) is 2. The van der Waals surface area contributed by atoms with E-state index in [1.807, 2.05) is 0 Å². The molecule has 0 aromatic heterocycles. The summed E-state index contributed by atoms with van der Waals surface area (Å²) in [5.41, 5.74) is -0.678. The second-order valence-corrected chi connectivity index (χ2v) is 6.39. The summed E-state index contributed by atoms with van der Waals surface area (Å²) in [4.78, 5) is 34.9. The molecule has 0 aromatic carbocycles. The van der Waals surface area contributed by atoms with Crippen LogP contribution in [0, 0.1) is 0 Å². The van der Waals surface area contributed by atoms with E-state index in [1.54, 1.807) is 20.8 Å². The lowest BCUT2D eigenvalue weighted by Crippen LogP contribution is -2.53. The molecular formula is C14H25N3O6. The molecule has 3 unspecified atom stereocenters. The van der Waals surface area contributed by atoms with Gasteiger partial charge in [0.15, 0.2) is 0 Å². The summed E-state index contributed by atoms with van der Waals surface area (Å²) in [5.74, 6) is -1.40. The molecule has 1 aliphatic rings. The molecule has 4 N–H and O–H groups in total. The van der Waals surface area contributed by atoms with Crippen LogP contribution in [0.25, 0.3) is 0 Å². The Labute approximate surface area is 135 Å². The van der Waals surface area contributed by atoms with Gasteiger partial charge in [0, 0.05) is 19.7 Å². The third kappa shape index (κ3) is 6.83. The number of carbonyl (C=O) groups excluding carboxylic acids is 2. The molecule has 9 nitrogen and oxygen atoms in total. The minimum atomic E-state index is -0.956. The van der Waals surface area contributed by atoms with Gasteiger partial charge in [0.25, 0.3) is 0 Å². The quantitative estimate of drug-likeness (QED) is 0.515. The van der Waals surface area contributed by atoms with Gasteiger partial charge in [0.1, 0.15) is 17.7 Å². The molecule has 0 saturated carbocycles. The van der Waals surface area contributed by atoms with Gasteiger partial charge in [-0.05, 0) is 27.2 Å². The predicted octanol–water partition coefficient (Wildman–Crippen LogP) is -0.543. The highest BCUT2D eigenvalue weighted by Crippen LogP contribution is 2.08. The van der Waals surface area contributed by atoms with Crippen LogP contribution >= 0.6 is 0 Å². The van der Waals surface area contributed by atoms with Crippen molar-refractivity contribution in [2.24, 2.45) is 0 Å². The first-order chi connectivity index (χ1) is 10.6. The molecule has 2 amide bonds. The van der Waals surface area contributed by atoms with Crippen LogP contribution in [0.4, 0.5) is 4.79 Å². The van der Waals surface area contributed by atoms with Gasteiger partial charge in [-0.3, -0.25) is 9.59 Å². The van der Waals surface area contributed by atoms with Crippen LogP contribution in [0.3, 0.4) is 0 Å². The van der Waals surface area contributed by atoms with Crippen molar-refractivity contribution >= 4 is 18.0 Å². The summed E-state index contributed by atoms with van der Waals surface area (Å²) in [6.45, 7) is 5.49. The lowest BCUT2D eigenvalue weighted by molar-refractivity contribution is -0.139. The lowest BCUT2D eigenvalue weighted by atomic mass is 10.1. The molecule has 0 bridgehead atoms. The molecular weight excluding hydrogens is 306 g/mol. The summed E-state index contributed by atoms with van der Waals surface area (Å²) >= 11 is 0. The number of hydrogen-bond acceptors (Lipinski definition) is 6. The maximum atomic E-state index is 12.2. The first-order valence-electron chi connectivity index (χ1n) is 7.37. The Bertz CT molecular complexity index is 448. The lowest BCUT2D eigenvalue weighted by Gasteiger charge is -2.24. The monoisotopic (exact) mass is 331 g/mol. The van der Waals surface area contributed by atoms with Gasteiger partial charge >= 0.3 is 12.1 Å². The molecule has 132 valence electrons. The normalized spacial score (nSPS) is 22.3. The maximum absolute atomic E-state index is 12.2. The third-order valence-electron chi connectivity index (χ3n) is 3.12. The zero-order chi connectivity index (χ0) is 17.6. The zero-order valence-electron chi connectivity index (χ0n) is 13.8. The SMILES string of the molecule is COCC(NC(=O)OC(C)(C)C)C(=O)NC1CNC(C(=O)O)C1. The van der Waals surface area contributed by atoms with Gasteiger partial charge in [-0.2, -0.15) is 0 Å². The smallest absolute Gasteiger partial charge is 0.408 e. The second kappa shape index (κ2) is 8.11. The Morgan fingerprint density at radius 3 is 2.48 bits per heavy atom. The first-order valence-corrected chi connectivity index (χ1v) is 7.37. The first kappa shape index (κ1) is 19.2. The number of carboxylic acid groups (broad SMARTS) is 1. The number of amides is 2. The number of carboxylic acids is 1. The van der Waals surface area contributed by atoms with Crippen LogP contribution in [0.2, 0.25) is 0 Å². The number of hydrogen-bond donors (Lipinski definition) is 4. The van der Waals surface area contributed by atoms with E-state index in [4.69, 9.17) is 14.6 Å². The molecule has 9 heteroatoms. The average molecular weight is 331 g/mol. The van der Waals surface area contributed by atoms with E-state index in [0.717, 1.165) is 0 Å². The van der Waals surface area contributed by atoms with Crippen LogP contribution in [-0.2, 0) is 19.1 Å². The topological polar surface area (TPSA) is 126 Å². The predicted molar refractivity (Wildman–Crippen MR) is 81.0 cm³/mol. The van der Waals surface area contributed by atoms with Crippen LogP contribution in [0.15, 0.2) is 0 Å². The number of nitrogens with one attached hydrogen (secondary N) is 3. The van der Waals surface area contributed by atoms with E-state index in [9.17, 15) is 14.4 Å². The van der Waals surface area contributed by atoms with Gasteiger partial charge in [0.05, 0.1) is 6.61 Å². The summed E-state index contributed by atoms with van der Waals surface area (Å²) < 4.78 is 10.0. The van der Waals surface area contributed by atoms with Crippen molar-refractivity contribution < 1.29 is 29.0 Å². The molecule has 0 aromatic rings. The average Bonchev–Trinajstić information content (AvgIpc) is 2.84. The fraction of sp³-hybridized carbons (Fsp3) is 0.786. The van der Waals surface area contributed by atoms with Crippen molar-refractivity contribution in [2.75, 3.05) is 20.3 Å². The van der Waals surface area contributed by atoms with Crippen molar-refractivity contribution in [3.8, 4) is 0 Å². The van der Waals surface area contributed by atoms with Gasteiger partial charge in [-0.25, -0.2) is 4.79 Å². The summed E-state index contributed by atoms with van der Waals surface area (Å²) in [7, 11) is 1.41. The van der Waals surface area contributed by atoms with E-state index >= 15 is 0 Å². The van der Waals surface area contributed by atoms with Gasteiger partial charge in [-0.1, -0.05) is 0 Å². The Kier molecular flexibility index (Phi) is 6.77. The maximum Gasteiger partial charge on any atom is 0.408 e. The van der Waals surface area contributed by atoms with Crippen LogP contribution in [0.5, 0.6) is 0 Å². The van der Waals surface area contributed by atoms with Crippen molar-refractivity contribution in [3.05, 3.63) is 0 Å². The number of alkyl carbamates (subject to hydrolysis) is 1. The standard InChI is InChI=1S/C14H25N3O6/c1-14(2,3)23-13(21)17-10(7-22-4)11(18)16-8-5-9(12(19)20)15-6-8/h8-10,15H,5-7H2,1-4H3,(H,16,18)(H,17,21)(H,19,20). The largest absolute Gasteiger partial charge is 0.480 e. The van der Waals surface area contributed by atoms with Gasteiger partial charge < -0.3 is 30.5 Å². The minimum absolute atomic E-state index is 0.0203. The minimum Gasteiger partial charge on any atom is -0.480 e. The number of rotatable bonds is 6. The highest BCUT2D eigenvalue weighted by molar-refractivity contribution is 5.86. The molecule has 1 rings (SSSR count). The van der Waals surface area contributed by atoms with Crippen LogP contribution in [0.1, 0.15) is 27.2 Å². The molecule has 3 atom stereocenters. The Morgan fingerprint density at radius 2 is 2.00 bits per heavy atom. The van der Waals surface area contributed by atoms with E-state index in [0.29, 0.717) is 6.54 Å². The Balaban J connectivity index is 2.54. The fourth-order valence-corrected chi connectivity index (χ4v) is 2.13. The molecule has 1 fully saturated rings. The van der Waals surface area contributed by atoms with Crippen molar-refractivity contribution in [1.29, 1.82) is 0 Å². The van der Waals surface area contributed by atoms with Crippen molar-refractivity contribution in [1.82, 2.24) is 16.0 Å². The molecule has 23 heavy (non-hydrogen) atoms. The number of carbonyl (C=O) groups is 3. The Morgan fingerprint density at radius 1 is 1.35 bits per heavy atom. The zero-order valence-corrected chi connectivity index (χ0v) is 13.8. The van der Waals surface area contributed by atoms with Gasteiger partial charge in [0.2, 0.25) is 5.91 Å². The highest BCUT2D eigenvalue weighted by atomic mass is 16.6. The summed E-state index contributed by atoms with van der Waals surface area (Å²) in [6.07, 6.45) is -0.435. The summed E-state index contributed by atoms with van der Waals surface area (Å²) in [6, 6.07) is -1.91. The van der Waals surface area contributed by atoms with Crippen molar-refractivity contribution in [3.63, 3.8) is 0 Å². The highest BCUT2D eigenvalue weighted by Gasteiger charge is 2.32. The molecule has 1 aliphatic heterocycles. The molecule has 1 saturated heterocycles. The van der Waals surface area contributed by atoms with E-state index in [1.165, 1.54) is 7.11 Å². The molecule has 0 spiro atoms. The van der Waals surface area contributed by atoms with Crippen molar-refractivity contribution in [2.45, 2.75) is 50.9 Å². The second-order valence-electron chi connectivity index (χ2n) is 6.39. The molecule has 1 heterocycles. The van der Waals surface area contributed by atoms with Crippen LogP contribution < -0.4 is 16.0 Å². The Hall–Kier alpha value is -1.87. The third-order valence-corrected chi connectivity index (χ3v) is 3.12. The van der Waals surface area contributed by atoms with Crippen LogP contribution in [-0.4, -0.2) is 67.1 Å². The van der Waals surface area contributed by atoms with E-state index in [2.05, 4.69) is 16.0 Å². The van der Waals surface area contributed by atoms with E-state index in [-0.39, 0.29) is 19.1 Å². The number of aliphatic carboxylic acids is 1. The summed E-state index contributed by atoms with van der Waals surface area (Å²) in [5, 5.41) is 16.9. The van der Waals surface area contributed by atoms with Gasteiger partial charge in [-0.15, -0.1) is 0 Å².